The van der Waals surface area contributed by atoms with Crippen molar-refractivity contribution in [1.29, 1.82) is 0 Å². The number of fused-ring (bicyclic) bond motifs is 1. The summed E-state index contributed by atoms with van der Waals surface area (Å²) in [5.74, 6) is -0.335. The second-order valence-electron chi connectivity index (χ2n) is 5.34. The Balaban J connectivity index is 1.94. The lowest BCUT2D eigenvalue weighted by Crippen LogP contribution is -2.05. The molecule has 0 fully saturated rings. The minimum Gasteiger partial charge on any atom is -0.369 e. The van der Waals surface area contributed by atoms with Gasteiger partial charge in [0, 0.05) is 28.2 Å². The van der Waals surface area contributed by atoms with Crippen LogP contribution in [0.2, 0.25) is 0 Å². The maximum Gasteiger partial charge on any atom is 0.135 e. The Morgan fingerprint density at radius 3 is 2.74 bits per heavy atom. The SMILES string of the molecule is Fc1ccc(-c2nn(-c3ccccc3Br)c3c2CCN3)c(F)c1. The lowest BCUT2D eigenvalue weighted by atomic mass is 10.1. The van der Waals surface area contributed by atoms with E-state index in [2.05, 4.69) is 26.3 Å². The highest BCUT2D eigenvalue weighted by molar-refractivity contribution is 9.10. The summed E-state index contributed by atoms with van der Waals surface area (Å²) in [5.41, 5.74) is 2.69. The van der Waals surface area contributed by atoms with Gasteiger partial charge in [-0.05, 0) is 46.6 Å². The molecule has 3 nitrogen and oxygen atoms in total. The van der Waals surface area contributed by atoms with Gasteiger partial charge in [0.1, 0.15) is 23.1 Å². The van der Waals surface area contributed by atoms with Gasteiger partial charge in [0.2, 0.25) is 0 Å². The van der Waals surface area contributed by atoms with Crippen LogP contribution in [0, 0.1) is 11.6 Å². The maximum absolute atomic E-state index is 14.2. The molecular formula is C17H12BrF2N3. The highest BCUT2D eigenvalue weighted by Gasteiger charge is 2.26. The lowest BCUT2D eigenvalue weighted by Gasteiger charge is -2.08. The number of nitrogens with one attached hydrogen (secondary N) is 1. The fourth-order valence-corrected chi connectivity index (χ4v) is 3.32. The highest BCUT2D eigenvalue weighted by atomic mass is 79.9. The van der Waals surface area contributed by atoms with Crippen LogP contribution in [0.5, 0.6) is 0 Å². The van der Waals surface area contributed by atoms with Crippen LogP contribution in [-0.2, 0) is 6.42 Å². The molecule has 2 aromatic carbocycles. The van der Waals surface area contributed by atoms with E-state index < -0.39 is 11.6 Å². The van der Waals surface area contributed by atoms with E-state index in [9.17, 15) is 8.78 Å². The van der Waals surface area contributed by atoms with E-state index in [0.717, 1.165) is 40.6 Å². The predicted molar refractivity (Wildman–Crippen MR) is 88.8 cm³/mol. The Morgan fingerprint density at radius 2 is 1.96 bits per heavy atom. The summed E-state index contributed by atoms with van der Waals surface area (Å²) < 4.78 is 30.0. The van der Waals surface area contributed by atoms with Gasteiger partial charge in [-0.15, -0.1) is 0 Å². The zero-order chi connectivity index (χ0) is 16.0. The van der Waals surface area contributed by atoms with Crippen LogP contribution in [0.15, 0.2) is 46.9 Å². The van der Waals surface area contributed by atoms with Crippen molar-refractivity contribution in [3.05, 3.63) is 64.1 Å². The summed E-state index contributed by atoms with van der Waals surface area (Å²) in [6.07, 6.45) is 0.756. The van der Waals surface area contributed by atoms with E-state index in [-0.39, 0.29) is 0 Å². The average molecular weight is 376 g/mol. The first kappa shape index (κ1) is 14.4. The third kappa shape index (κ3) is 2.34. The number of rotatable bonds is 2. The van der Waals surface area contributed by atoms with Crippen molar-refractivity contribution >= 4 is 21.7 Å². The van der Waals surface area contributed by atoms with E-state index in [1.54, 1.807) is 4.68 Å². The number of hydrogen-bond acceptors (Lipinski definition) is 2. The largest absolute Gasteiger partial charge is 0.369 e. The van der Waals surface area contributed by atoms with E-state index in [1.165, 1.54) is 12.1 Å². The molecule has 23 heavy (non-hydrogen) atoms. The van der Waals surface area contributed by atoms with Gasteiger partial charge in [0.15, 0.2) is 0 Å². The molecule has 0 amide bonds. The molecule has 1 aromatic heterocycles. The minimum atomic E-state index is -0.600. The monoisotopic (exact) mass is 375 g/mol. The van der Waals surface area contributed by atoms with Crippen molar-refractivity contribution in [2.45, 2.75) is 6.42 Å². The van der Waals surface area contributed by atoms with Crippen molar-refractivity contribution in [2.75, 3.05) is 11.9 Å². The molecule has 0 saturated heterocycles. The predicted octanol–water partition coefficient (Wildman–Crippen LogP) is 4.55. The van der Waals surface area contributed by atoms with Gasteiger partial charge in [-0.3, -0.25) is 0 Å². The summed E-state index contributed by atoms with van der Waals surface area (Å²) in [4.78, 5) is 0. The second-order valence-corrected chi connectivity index (χ2v) is 6.19. The first-order valence-corrected chi connectivity index (χ1v) is 8.00. The fraction of sp³-hybridized carbons (Fsp3) is 0.118. The normalized spacial score (nSPS) is 13.0. The van der Waals surface area contributed by atoms with Gasteiger partial charge < -0.3 is 5.32 Å². The molecule has 2 heterocycles. The fourth-order valence-electron chi connectivity index (χ4n) is 2.87. The Morgan fingerprint density at radius 1 is 1.13 bits per heavy atom. The number of anilines is 1. The van der Waals surface area contributed by atoms with E-state index in [1.807, 2.05) is 24.3 Å². The molecule has 116 valence electrons. The second kappa shape index (κ2) is 5.45. The molecule has 0 spiro atoms. The molecule has 0 atom stereocenters. The van der Waals surface area contributed by atoms with E-state index in [0.29, 0.717) is 11.3 Å². The molecule has 1 aliphatic rings. The lowest BCUT2D eigenvalue weighted by molar-refractivity contribution is 0.585. The Labute approximate surface area is 140 Å². The van der Waals surface area contributed by atoms with Gasteiger partial charge >= 0.3 is 0 Å². The molecule has 0 aliphatic carbocycles. The zero-order valence-electron chi connectivity index (χ0n) is 12.0. The first-order chi connectivity index (χ1) is 11.1. The topological polar surface area (TPSA) is 29.9 Å². The van der Waals surface area contributed by atoms with Crippen LogP contribution < -0.4 is 5.32 Å². The average Bonchev–Trinajstić information content (AvgIpc) is 3.11. The Kier molecular flexibility index (Phi) is 3.41. The van der Waals surface area contributed by atoms with E-state index >= 15 is 0 Å². The number of hydrogen-bond donors (Lipinski definition) is 1. The molecular weight excluding hydrogens is 364 g/mol. The van der Waals surface area contributed by atoms with Crippen molar-refractivity contribution in [2.24, 2.45) is 0 Å². The summed E-state index contributed by atoms with van der Waals surface area (Å²) in [6, 6.07) is 11.3. The standard InChI is InChI=1S/C17H12BrF2N3/c18-13-3-1-2-4-15(13)23-17-12(7-8-21-17)16(22-23)11-6-5-10(19)9-14(11)20/h1-6,9,21H,7-8H2. The van der Waals surface area contributed by atoms with Crippen molar-refractivity contribution in [3.8, 4) is 16.9 Å². The van der Waals surface area contributed by atoms with Crippen LogP contribution in [0.3, 0.4) is 0 Å². The number of para-hydroxylation sites is 1. The molecule has 0 bridgehead atoms. The molecule has 0 radical (unpaired) electrons. The highest BCUT2D eigenvalue weighted by Crippen LogP contribution is 2.37. The molecule has 4 rings (SSSR count). The van der Waals surface area contributed by atoms with Crippen LogP contribution in [0.1, 0.15) is 5.56 Å². The molecule has 1 N–H and O–H groups in total. The number of aromatic nitrogens is 2. The summed E-state index contributed by atoms with van der Waals surface area (Å²) in [5, 5.41) is 7.88. The molecule has 0 saturated carbocycles. The summed E-state index contributed by atoms with van der Waals surface area (Å²) in [6.45, 7) is 0.771. The molecule has 6 heteroatoms. The summed E-state index contributed by atoms with van der Waals surface area (Å²) >= 11 is 3.52. The number of benzene rings is 2. The van der Waals surface area contributed by atoms with Crippen molar-refractivity contribution in [3.63, 3.8) is 0 Å². The zero-order valence-corrected chi connectivity index (χ0v) is 13.6. The van der Waals surface area contributed by atoms with Gasteiger partial charge in [0.05, 0.1) is 5.69 Å². The quantitative estimate of drug-likeness (QED) is 0.711. The molecule has 1 aliphatic heterocycles. The number of halogens is 3. The Hall–Kier alpha value is -2.21. The van der Waals surface area contributed by atoms with E-state index in [4.69, 9.17) is 0 Å². The van der Waals surface area contributed by atoms with Crippen LogP contribution in [-0.4, -0.2) is 16.3 Å². The number of nitrogens with zero attached hydrogens (tertiary/aromatic N) is 2. The molecule has 0 unspecified atom stereocenters. The molecule has 3 aromatic rings. The van der Waals surface area contributed by atoms with Crippen LogP contribution >= 0.6 is 15.9 Å². The van der Waals surface area contributed by atoms with Gasteiger partial charge in [-0.2, -0.15) is 5.10 Å². The smallest absolute Gasteiger partial charge is 0.135 e. The summed E-state index contributed by atoms with van der Waals surface area (Å²) in [7, 11) is 0. The van der Waals surface area contributed by atoms with Gasteiger partial charge in [-0.25, -0.2) is 13.5 Å². The first-order valence-electron chi connectivity index (χ1n) is 7.21. The Bertz CT molecular complexity index is 905. The van der Waals surface area contributed by atoms with Crippen LogP contribution in [0.4, 0.5) is 14.6 Å². The van der Waals surface area contributed by atoms with Gasteiger partial charge in [-0.1, -0.05) is 12.1 Å². The maximum atomic E-state index is 14.2. The van der Waals surface area contributed by atoms with Crippen molar-refractivity contribution in [1.82, 2.24) is 9.78 Å². The van der Waals surface area contributed by atoms with Gasteiger partial charge in [0.25, 0.3) is 0 Å². The third-order valence-electron chi connectivity index (χ3n) is 3.92. The minimum absolute atomic E-state index is 0.317. The van der Waals surface area contributed by atoms with Crippen LogP contribution in [0.25, 0.3) is 16.9 Å². The van der Waals surface area contributed by atoms with Crippen molar-refractivity contribution < 1.29 is 8.78 Å². The third-order valence-corrected chi connectivity index (χ3v) is 4.59.